The molecule has 0 spiro atoms. The van der Waals surface area contributed by atoms with E-state index in [0.717, 1.165) is 18.0 Å². The van der Waals surface area contributed by atoms with Crippen molar-refractivity contribution < 1.29 is 0 Å². The first-order valence-corrected chi connectivity index (χ1v) is 8.58. The van der Waals surface area contributed by atoms with Gasteiger partial charge in [-0.25, -0.2) is 0 Å². The summed E-state index contributed by atoms with van der Waals surface area (Å²) in [5.74, 6) is 0.838. The molecular formula is C17H36N2. The maximum absolute atomic E-state index is 3.43. The molecule has 1 saturated carbocycles. The topological polar surface area (TPSA) is 15.3 Å². The van der Waals surface area contributed by atoms with Crippen LogP contribution in [0.3, 0.4) is 0 Å². The first-order chi connectivity index (χ1) is 9.17. The summed E-state index contributed by atoms with van der Waals surface area (Å²) in [7, 11) is 2.10. The third-order valence-corrected chi connectivity index (χ3v) is 4.73. The van der Waals surface area contributed by atoms with Gasteiger partial charge in [0.1, 0.15) is 0 Å². The molecule has 1 N–H and O–H groups in total. The molecule has 0 aromatic heterocycles. The first-order valence-electron chi connectivity index (χ1n) is 8.58. The lowest BCUT2D eigenvalue weighted by atomic mass is 10.1. The highest BCUT2D eigenvalue weighted by Crippen LogP contribution is 2.24. The van der Waals surface area contributed by atoms with Crippen LogP contribution in [0.1, 0.15) is 72.1 Å². The van der Waals surface area contributed by atoms with Gasteiger partial charge in [-0.1, -0.05) is 33.6 Å². The molecule has 0 saturated heterocycles. The quantitative estimate of drug-likeness (QED) is 0.643. The van der Waals surface area contributed by atoms with E-state index in [0.29, 0.717) is 0 Å². The van der Waals surface area contributed by atoms with Crippen molar-refractivity contribution in [2.75, 3.05) is 20.1 Å². The molecule has 114 valence electrons. The highest BCUT2D eigenvalue weighted by Gasteiger charge is 2.22. The van der Waals surface area contributed by atoms with Crippen molar-refractivity contribution in [2.45, 2.75) is 84.2 Å². The number of nitrogens with zero attached hydrogens (tertiary/aromatic N) is 1. The summed E-state index contributed by atoms with van der Waals surface area (Å²) in [6.45, 7) is 9.62. The molecule has 1 rings (SSSR count). The van der Waals surface area contributed by atoms with Crippen LogP contribution in [0.15, 0.2) is 0 Å². The Morgan fingerprint density at radius 1 is 1.11 bits per heavy atom. The molecule has 1 aliphatic carbocycles. The fourth-order valence-corrected chi connectivity index (χ4v) is 3.26. The fourth-order valence-electron chi connectivity index (χ4n) is 3.26. The summed E-state index contributed by atoms with van der Waals surface area (Å²) in [6, 6.07) is 1.61. The van der Waals surface area contributed by atoms with Crippen molar-refractivity contribution in [1.82, 2.24) is 10.2 Å². The van der Waals surface area contributed by atoms with Crippen LogP contribution in [0.4, 0.5) is 0 Å². The van der Waals surface area contributed by atoms with E-state index < -0.39 is 0 Å². The van der Waals surface area contributed by atoms with Gasteiger partial charge in [0.15, 0.2) is 0 Å². The minimum absolute atomic E-state index is 0.718. The minimum atomic E-state index is 0.718. The molecule has 0 radical (unpaired) electrons. The molecule has 2 nitrogen and oxygen atoms in total. The van der Waals surface area contributed by atoms with E-state index in [4.69, 9.17) is 0 Å². The Hall–Kier alpha value is -0.0800. The molecule has 0 aliphatic heterocycles. The highest BCUT2D eigenvalue weighted by molar-refractivity contribution is 4.78. The zero-order valence-electron chi connectivity index (χ0n) is 13.8. The average molecular weight is 268 g/mol. The van der Waals surface area contributed by atoms with Crippen molar-refractivity contribution in [1.29, 1.82) is 0 Å². The Bertz CT molecular complexity index is 205. The SMILES string of the molecule is CCC(CCCN(CCC(C)C)C1CCCC1)NC. The van der Waals surface area contributed by atoms with Gasteiger partial charge in [0.2, 0.25) is 0 Å². The predicted molar refractivity (Wildman–Crippen MR) is 85.7 cm³/mol. The molecule has 0 amide bonds. The van der Waals surface area contributed by atoms with Crippen LogP contribution in [-0.2, 0) is 0 Å². The number of rotatable bonds is 10. The van der Waals surface area contributed by atoms with Gasteiger partial charge in [-0.05, 0) is 64.6 Å². The molecule has 1 unspecified atom stereocenters. The van der Waals surface area contributed by atoms with E-state index >= 15 is 0 Å². The number of hydrogen-bond acceptors (Lipinski definition) is 2. The van der Waals surface area contributed by atoms with Crippen molar-refractivity contribution in [3.8, 4) is 0 Å². The summed E-state index contributed by atoms with van der Waals surface area (Å²) >= 11 is 0. The molecule has 0 aromatic carbocycles. The van der Waals surface area contributed by atoms with E-state index in [-0.39, 0.29) is 0 Å². The molecule has 1 aliphatic rings. The van der Waals surface area contributed by atoms with Crippen molar-refractivity contribution in [3.05, 3.63) is 0 Å². The zero-order chi connectivity index (χ0) is 14.1. The van der Waals surface area contributed by atoms with Crippen LogP contribution in [0, 0.1) is 5.92 Å². The summed E-state index contributed by atoms with van der Waals surface area (Å²) in [5.41, 5.74) is 0. The van der Waals surface area contributed by atoms with Crippen molar-refractivity contribution in [3.63, 3.8) is 0 Å². The van der Waals surface area contributed by atoms with Crippen LogP contribution in [-0.4, -0.2) is 37.1 Å². The molecule has 1 fully saturated rings. The average Bonchev–Trinajstić information content (AvgIpc) is 2.91. The normalized spacial score (nSPS) is 18.6. The lowest BCUT2D eigenvalue weighted by molar-refractivity contribution is 0.182. The molecule has 0 heterocycles. The van der Waals surface area contributed by atoms with E-state index in [1.54, 1.807) is 0 Å². The molecule has 2 heteroatoms. The van der Waals surface area contributed by atoms with Gasteiger partial charge >= 0.3 is 0 Å². The Labute approximate surface area is 121 Å². The van der Waals surface area contributed by atoms with Gasteiger partial charge in [-0.15, -0.1) is 0 Å². The summed E-state index contributed by atoms with van der Waals surface area (Å²) < 4.78 is 0. The van der Waals surface area contributed by atoms with Gasteiger partial charge in [0.25, 0.3) is 0 Å². The number of hydrogen-bond donors (Lipinski definition) is 1. The summed E-state index contributed by atoms with van der Waals surface area (Å²) in [6.07, 6.45) is 11.1. The first kappa shape index (κ1) is 17.0. The Morgan fingerprint density at radius 3 is 2.32 bits per heavy atom. The van der Waals surface area contributed by atoms with Gasteiger partial charge < -0.3 is 10.2 Å². The van der Waals surface area contributed by atoms with E-state index in [1.165, 1.54) is 64.5 Å². The predicted octanol–water partition coefficient (Wildman–Crippen LogP) is 4.06. The maximum Gasteiger partial charge on any atom is 0.00952 e. The second kappa shape index (κ2) is 9.77. The van der Waals surface area contributed by atoms with Crippen LogP contribution in [0.5, 0.6) is 0 Å². The molecule has 1 atom stereocenters. The second-order valence-corrected chi connectivity index (χ2v) is 6.69. The van der Waals surface area contributed by atoms with Crippen LogP contribution >= 0.6 is 0 Å². The number of nitrogens with one attached hydrogen (secondary N) is 1. The standard InChI is InChI=1S/C17H36N2/c1-5-16(18-4)9-8-13-19(14-12-15(2)3)17-10-6-7-11-17/h15-18H,5-14H2,1-4H3. The monoisotopic (exact) mass is 268 g/mol. The van der Waals surface area contributed by atoms with E-state index in [2.05, 4.69) is 38.0 Å². The van der Waals surface area contributed by atoms with E-state index in [9.17, 15) is 0 Å². The van der Waals surface area contributed by atoms with Crippen LogP contribution in [0.25, 0.3) is 0 Å². The molecule has 0 bridgehead atoms. The highest BCUT2D eigenvalue weighted by atomic mass is 15.2. The largest absolute Gasteiger partial charge is 0.317 e. The molecule has 19 heavy (non-hydrogen) atoms. The fraction of sp³-hybridized carbons (Fsp3) is 1.00. The zero-order valence-corrected chi connectivity index (χ0v) is 13.8. The second-order valence-electron chi connectivity index (χ2n) is 6.69. The summed E-state index contributed by atoms with van der Waals surface area (Å²) in [5, 5.41) is 3.43. The Balaban J connectivity index is 2.31. The maximum atomic E-state index is 3.43. The van der Waals surface area contributed by atoms with Crippen LogP contribution in [0.2, 0.25) is 0 Å². The van der Waals surface area contributed by atoms with Gasteiger partial charge in [0.05, 0.1) is 0 Å². The minimum Gasteiger partial charge on any atom is -0.317 e. The van der Waals surface area contributed by atoms with Crippen molar-refractivity contribution in [2.24, 2.45) is 5.92 Å². The van der Waals surface area contributed by atoms with E-state index in [1.807, 2.05) is 0 Å². The van der Waals surface area contributed by atoms with Gasteiger partial charge in [-0.2, -0.15) is 0 Å². The Kier molecular flexibility index (Phi) is 8.72. The van der Waals surface area contributed by atoms with Crippen LogP contribution < -0.4 is 5.32 Å². The third kappa shape index (κ3) is 6.76. The third-order valence-electron chi connectivity index (χ3n) is 4.73. The molecule has 0 aromatic rings. The van der Waals surface area contributed by atoms with Crippen molar-refractivity contribution >= 4 is 0 Å². The molecular weight excluding hydrogens is 232 g/mol. The summed E-state index contributed by atoms with van der Waals surface area (Å²) in [4.78, 5) is 2.80. The Morgan fingerprint density at radius 2 is 1.79 bits per heavy atom. The van der Waals surface area contributed by atoms with Gasteiger partial charge in [0, 0.05) is 12.1 Å². The lowest BCUT2D eigenvalue weighted by Crippen LogP contribution is -2.36. The van der Waals surface area contributed by atoms with Gasteiger partial charge in [-0.3, -0.25) is 0 Å². The smallest absolute Gasteiger partial charge is 0.00952 e. The lowest BCUT2D eigenvalue weighted by Gasteiger charge is -2.30.